The number of phenolic OH excluding ortho intramolecular Hbond substituents is 2. The second-order valence-electron chi connectivity index (χ2n) is 3.95. The van der Waals surface area contributed by atoms with Crippen molar-refractivity contribution in [3.8, 4) is 22.6 Å². The maximum absolute atomic E-state index is 10.0. The van der Waals surface area contributed by atoms with Crippen molar-refractivity contribution in [3.05, 3.63) is 47.5 Å². The van der Waals surface area contributed by atoms with E-state index < -0.39 is 0 Å². The van der Waals surface area contributed by atoms with Crippen molar-refractivity contribution >= 4 is 0 Å². The maximum atomic E-state index is 10.0. The first kappa shape index (κ1) is 10.6. The van der Waals surface area contributed by atoms with Crippen LogP contribution in [0.15, 0.2) is 36.4 Å². The van der Waals surface area contributed by atoms with Gasteiger partial charge in [-0.1, -0.05) is 24.3 Å². The Kier molecular flexibility index (Phi) is 2.57. The van der Waals surface area contributed by atoms with Crippen LogP contribution < -0.4 is 0 Å². The number of hydrogen-bond donors (Lipinski definition) is 2. The molecule has 0 fully saturated rings. The van der Waals surface area contributed by atoms with Gasteiger partial charge in [0.15, 0.2) is 0 Å². The van der Waals surface area contributed by atoms with E-state index in [0.29, 0.717) is 5.75 Å². The second-order valence-corrected chi connectivity index (χ2v) is 3.95. The quantitative estimate of drug-likeness (QED) is 0.764. The molecule has 0 amide bonds. The average molecular weight is 214 g/mol. The van der Waals surface area contributed by atoms with Gasteiger partial charge >= 0.3 is 0 Å². The van der Waals surface area contributed by atoms with Crippen LogP contribution in [0.5, 0.6) is 11.5 Å². The van der Waals surface area contributed by atoms with E-state index in [9.17, 15) is 10.2 Å². The third-order valence-electron chi connectivity index (χ3n) is 2.88. The number of aryl methyl sites for hydroxylation is 1. The van der Waals surface area contributed by atoms with Crippen LogP contribution in [0.2, 0.25) is 0 Å². The van der Waals surface area contributed by atoms with Crippen molar-refractivity contribution in [2.24, 2.45) is 0 Å². The molecule has 16 heavy (non-hydrogen) atoms. The number of phenols is 2. The first-order chi connectivity index (χ1) is 7.59. The SMILES string of the molecule is Cc1ccc(-c2ccc(O)cc2)c(O)c1C. The molecule has 2 N–H and O–H groups in total. The number of aromatic hydroxyl groups is 2. The molecular formula is C14H14O2. The zero-order valence-corrected chi connectivity index (χ0v) is 9.36. The molecular weight excluding hydrogens is 200 g/mol. The Labute approximate surface area is 94.8 Å². The molecule has 0 aliphatic heterocycles. The van der Waals surface area contributed by atoms with Gasteiger partial charge in [-0.3, -0.25) is 0 Å². The molecule has 0 bridgehead atoms. The average Bonchev–Trinajstić information content (AvgIpc) is 2.28. The standard InChI is InChI=1S/C14H14O2/c1-9-3-8-13(14(16)10(9)2)11-4-6-12(15)7-5-11/h3-8,15-16H,1-2H3. The van der Waals surface area contributed by atoms with Gasteiger partial charge in [0, 0.05) is 5.56 Å². The lowest BCUT2D eigenvalue weighted by molar-refractivity contribution is 0.471. The van der Waals surface area contributed by atoms with Crippen molar-refractivity contribution in [2.75, 3.05) is 0 Å². The summed E-state index contributed by atoms with van der Waals surface area (Å²) in [6.45, 7) is 3.87. The normalized spacial score (nSPS) is 10.4. The van der Waals surface area contributed by atoms with Gasteiger partial charge in [0.2, 0.25) is 0 Å². The van der Waals surface area contributed by atoms with Crippen molar-refractivity contribution in [2.45, 2.75) is 13.8 Å². The molecule has 0 unspecified atom stereocenters. The smallest absolute Gasteiger partial charge is 0.126 e. The van der Waals surface area contributed by atoms with Crippen LogP contribution in [0.3, 0.4) is 0 Å². The molecule has 0 saturated carbocycles. The lowest BCUT2D eigenvalue weighted by atomic mass is 9.99. The number of benzene rings is 2. The van der Waals surface area contributed by atoms with E-state index in [2.05, 4.69) is 0 Å². The van der Waals surface area contributed by atoms with Crippen LogP contribution in [-0.2, 0) is 0 Å². The molecule has 0 spiro atoms. The van der Waals surface area contributed by atoms with Crippen LogP contribution in [0.25, 0.3) is 11.1 Å². The molecule has 2 rings (SSSR count). The van der Waals surface area contributed by atoms with Gasteiger partial charge in [0.25, 0.3) is 0 Å². The Balaban J connectivity index is 2.57. The molecule has 2 heteroatoms. The molecule has 0 heterocycles. The van der Waals surface area contributed by atoms with Gasteiger partial charge in [-0.05, 0) is 42.7 Å². The van der Waals surface area contributed by atoms with Crippen LogP contribution in [0.1, 0.15) is 11.1 Å². The largest absolute Gasteiger partial charge is 0.508 e. The van der Waals surface area contributed by atoms with Gasteiger partial charge in [-0.2, -0.15) is 0 Å². The Morgan fingerprint density at radius 1 is 0.812 bits per heavy atom. The predicted octanol–water partition coefficient (Wildman–Crippen LogP) is 3.38. The van der Waals surface area contributed by atoms with Crippen molar-refractivity contribution in [1.82, 2.24) is 0 Å². The molecule has 0 aliphatic rings. The minimum absolute atomic E-state index is 0.229. The first-order valence-corrected chi connectivity index (χ1v) is 5.18. The summed E-state index contributed by atoms with van der Waals surface area (Å²) in [6, 6.07) is 10.7. The van der Waals surface area contributed by atoms with Gasteiger partial charge in [0.05, 0.1) is 0 Å². The predicted molar refractivity (Wildman–Crippen MR) is 64.7 cm³/mol. The summed E-state index contributed by atoms with van der Waals surface area (Å²) in [5.41, 5.74) is 3.66. The summed E-state index contributed by atoms with van der Waals surface area (Å²) in [4.78, 5) is 0. The third-order valence-corrected chi connectivity index (χ3v) is 2.88. The fourth-order valence-corrected chi connectivity index (χ4v) is 1.67. The van der Waals surface area contributed by atoms with Crippen LogP contribution >= 0.6 is 0 Å². The Morgan fingerprint density at radius 3 is 2.06 bits per heavy atom. The highest BCUT2D eigenvalue weighted by Gasteiger charge is 2.08. The molecule has 82 valence electrons. The lowest BCUT2D eigenvalue weighted by Gasteiger charge is -2.09. The molecule has 2 aromatic rings. The highest BCUT2D eigenvalue weighted by atomic mass is 16.3. The van der Waals surface area contributed by atoms with E-state index >= 15 is 0 Å². The zero-order chi connectivity index (χ0) is 11.7. The van der Waals surface area contributed by atoms with E-state index in [-0.39, 0.29) is 5.75 Å². The minimum atomic E-state index is 0.229. The summed E-state index contributed by atoms with van der Waals surface area (Å²) >= 11 is 0. The monoisotopic (exact) mass is 214 g/mol. The topological polar surface area (TPSA) is 40.5 Å². The Hall–Kier alpha value is -1.96. The summed E-state index contributed by atoms with van der Waals surface area (Å²) in [7, 11) is 0. The maximum Gasteiger partial charge on any atom is 0.126 e. The molecule has 2 aromatic carbocycles. The summed E-state index contributed by atoms with van der Waals surface area (Å²) < 4.78 is 0. The van der Waals surface area contributed by atoms with E-state index in [1.165, 1.54) is 0 Å². The zero-order valence-electron chi connectivity index (χ0n) is 9.36. The Morgan fingerprint density at radius 2 is 1.44 bits per heavy atom. The van der Waals surface area contributed by atoms with E-state index in [1.54, 1.807) is 24.3 Å². The lowest BCUT2D eigenvalue weighted by Crippen LogP contribution is -1.86. The highest BCUT2D eigenvalue weighted by molar-refractivity contribution is 5.72. The van der Waals surface area contributed by atoms with E-state index in [1.807, 2.05) is 26.0 Å². The first-order valence-electron chi connectivity index (χ1n) is 5.18. The summed E-state index contributed by atoms with van der Waals surface area (Å²) in [5, 5.41) is 19.2. The highest BCUT2D eigenvalue weighted by Crippen LogP contribution is 2.33. The van der Waals surface area contributed by atoms with Crippen LogP contribution in [-0.4, -0.2) is 10.2 Å². The molecule has 0 radical (unpaired) electrons. The Bertz CT molecular complexity index is 513. The minimum Gasteiger partial charge on any atom is -0.508 e. The van der Waals surface area contributed by atoms with E-state index in [4.69, 9.17) is 0 Å². The van der Waals surface area contributed by atoms with Gasteiger partial charge in [0.1, 0.15) is 11.5 Å². The van der Waals surface area contributed by atoms with Gasteiger partial charge < -0.3 is 10.2 Å². The third kappa shape index (κ3) is 1.74. The fraction of sp³-hybridized carbons (Fsp3) is 0.143. The van der Waals surface area contributed by atoms with Gasteiger partial charge in [-0.15, -0.1) is 0 Å². The molecule has 2 nitrogen and oxygen atoms in total. The molecule has 0 aliphatic carbocycles. The van der Waals surface area contributed by atoms with Crippen LogP contribution in [0.4, 0.5) is 0 Å². The van der Waals surface area contributed by atoms with Crippen molar-refractivity contribution < 1.29 is 10.2 Å². The molecule has 0 atom stereocenters. The van der Waals surface area contributed by atoms with Crippen molar-refractivity contribution in [1.29, 1.82) is 0 Å². The summed E-state index contributed by atoms with van der Waals surface area (Å²) in [5.74, 6) is 0.540. The van der Waals surface area contributed by atoms with Crippen LogP contribution in [0, 0.1) is 13.8 Å². The van der Waals surface area contributed by atoms with E-state index in [0.717, 1.165) is 22.3 Å². The number of hydrogen-bond acceptors (Lipinski definition) is 2. The second kappa shape index (κ2) is 3.89. The summed E-state index contributed by atoms with van der Waals surface area (Å²) in [6.07, 6.45) is 0. The number of rotatable bonds is 1. The molecule has 0 saturated heterocycles. The van der Waals surface area contributed by atoms with Gasteiger partial charge in [-0.25, -0.2) is 0 Å². The fourth-order valence-electron chi connectivity index (χ4n) is 1.67. The van der Waals surface area contributed by atoms with Crippen molar-refractivity contribution in [3.63, 3.8) is 0 Å². The molecule has 0 aromatic heterocycles.